The molecular formula is C29H43N5O2. The molecular weight excluding hydrogens is 450 g/mol. The number of carbonyl (C=O) groups is 2. The number of nitrogens with one attached hydrogen (secondary N) is 1. The lowest BCUT2D eigenvalue weighted by molar-refractivity contribution is -0.161. The van der Waals surface area contributed by atoms with Gasteiger partial charge in [0.2, 0.25) is 11.8 Å². The van der Waals surface area contributed by atoms with Gasteiger partial charge in [0.05, 0.1) is 12.2 Å². The number of piperazine rings is 1. The van der Waals surface area contributed by atoms with Gasteiger partial charge in [-0.2, -0.15) is 5.10 Å². The second-order valence-corrected chi connectivity index (χ2v) is 11.1. The van der Waals surface area contributed by atoms with Crippen LogP contribution >= 0.6 is 0 Å². The fourth-order valence-corrected chi connectivity index (χ4v) is 5.82. The maximum atomic E-state index is 13.5. The molecule has 3 heterocycles. The summed E-state index contributed by atoms with van der Waals surface area (Å²) in [4.78, 5) is 31.4. The van der Waals surface area contributed by atoms with Gasteiger partial charge in [-0.1, -0.05) is 57.5 Å². The molecule has 2 amide bonds. The smallest absolute Gasteiger partial charge is 0.246 e. The summed E-state index contributed by atoms with van der Waals surface area (Å²) >= 11 is 0. The van der Waals surface area contributed by atoms with E-state index in [0.29, 0.717) is 31.7 Å². The molecule has 2 aliphatic heterocycles. The Morgan fingerprint density at radius 3 is 2.42 bits per heavy atom. The van der Waals surface area contributed by atoms with Crippen molar-refractivity contribution >= 4 is 11.8 Å². The van der Waals surface area contributed by atoms with E-state index in [9.17, 15) is 9.59 Å². The number of aryl methyl sites for hydroxylation is 1. The van der Waals surface area contributed by atoms with Gasteiger partial charge in [-0.3, -0.25) is 19.2 Å². The van der Waals surface area contributed by atoms with Gasteiger partial charge < -0.3 is 10.2 Å². The van der Waals surface area contributed by atoms with Crippen LogP contribution in [0.3, 0.4) is 0 Å². The maximum absolute atomic E-state index is 13.5. The van der Waals surface area contributed by atoms with Gasteiger partial charge in [0, 0.05) is 37.4 Å². The van der Waals surface area contributed by atoms with Crippen LogP contribution in [0.2, 0.25) is 0 Å². The third kappa shape index (κ3) is 5.36. The highest BCUT2D eigenvalue weighted by atomic mass is 16.2. The third-order valence-corrected chi connectivity index (χ3v) is 8.02. The van der Waals surface area contributed by atoms with Crippen molar-refractivity contribution in [2.24, 2.45) is 5.92 Å². The number of benzene rings is 1. The molecule has 2 fully saturated rings. The SMILES string of the molecule is CCCCN1C(=O)[C@H](CC(C)C)NC(=O)C12CCN(Cc1c(C)nn(Cc3ccccc3)c1C)CC2. The minimum absolute atomic E-state index is 0.0477. The zero-order valence-corrected chi connectivity index (χ0v) is 22.7. The van der Waals surface area contributed by atoms with Crippen molar-refractivity contribution in [3.63, 3.8) is 0 Å². The number of rotatable bonds is 9. The van der Waals surface area contributed by atoms with Gasteiger partial charge in [0.25, 0.3) is 0 Å². The van der Waals surface area contributed by atoms with E-state index in [4.69, 9.17) is 5.10 Å². The highest BCUT2D eigenvalue weighted by Gasteiger charge is 2.53. The number of hydrogen-bond donors (Lipinski definition) is 1. The van der Waals surface area contributed by atoms with Crippen molar-refractivity contribution in [3.05, 3.63) is 52.8 Å². The van der Waals surface area contributed by atoms with E-state index in [2.05, 4.69) is 73.8 Å². The average Bonchev–Trinajstić information content (AvgIpc) is 3.11. The molecule has 7 heteroatoms. The first kappa shape index (κ1) is 26.4. The van der Waals surface area contributed by atoms with Crippen LogP contribution in [0.15, 0.2) is 30.3 Å². The number of hydrogen-bond acceptors (Lipinski definition) is 4. The van der Waals surface area contributed by atoms with Crippen LogP contribution in [0.4, 0.5) is 0 Å². The number of unbranched alkanes of at least 4 members (excludes halogenated alkanes) is 1. The van der Waals surface area contributed by atoms with Crippen LogP contribution in [0.1, 0.15) is 75.4 Å². The predicted molar refractivity (Wildman–Crippen MR) is 142 cm³/mol. The largest absolute Gasteiger partial charge is 0.342 e. The quantitative estimate of drug-likeness (QED) is 0.572. The lowest BCUT2D eigenvalue weighted by Gasteiger charge is -2.52. The number of piperidine rings is 1. The lowest BCUT2D eigenvalue weighted by Crippen LogP contribution is -2.73. The molecule has 0 unspecified atom stereocenters. The Hall–Kier alpha value is -2.67. The third-order valence-electron chi connectivity index (χ3n) is 8.02. The van der Waals surface area contributed by atoms with Crippen molar-refractivity contribution in [1.29, 1.82) is 0 Å². The molecule has 2 aromatic rings. The molecule has 36 heavy (non-hydrogen) atoms. The summed E-state index contributed by atoms with van der Waals surface area (Å²) in [6.45, 7) is 14.4. The van der Waals surface area contributed by atoms with Gasteiger partial charge in [-0.15, -0.1) is 0 Å². The summed E-state index contributed by atoms with van der Waals surface area (Å²) in [6.07, 6.45) is 3.99. The van der Waals surface area contributed by atoms with Crippen LogP contribution in [0, 0.1) is 19.8 Å². The minimum atomic E-state index is -0.711. The summed E-state index contributed by atoms with van der Waals surface area (Å²) in [5.74, 6) is 0.517. The highest BCUT2D eigenvalue weighted by Crippen LogP contribution is 2.35. The van der Waals surface area contributed by atoms with Crippen molar-refractivity contribution in [1.82, 2.24) is 24.9 Å². The first-order valence-corrected chi connectivity index (χ1v) is 13.7. The Bertz CT molecular complexity index is 1050. The molecule has 0 bridgehead atoms. The number of carbonyl (C=O) groups excluding carboxylic acids is 2. The van der Waals surface area contributed by atoms with Crippen molar-refractivity contribution in [2.75, 3.05) is 19.6 Å². The van der Waals surface area contributed by atoms with E-state index >= 15 is 0 Å². The molecule has 7 nitrogen and oxygen atoms in total. The monoisotopic (exact) mass is 493 g/mol. The van der Waals surface area contributed by atoms with E-state index in [0.717, 1.165) is 44.7 Å². The first-order valence-electron chi connectivity index (χ1n) is 13.7. The number of nitrogens with zero attached hydrogens (tertiary/aromatic N) is 4. The molecule has 196 valence electrons. The molecule has 1 atom stereocenters. The summed E-state index contributed by atoms with van der Waals surface area (Å²) in [7, 11) is 0. The molecule has 2 saturated heterocycles. The molecule has 4 rings (SSSR count). The fourth-order valence-electron chi connectivity index (χ4n) is 5.82. The van der Waals surface area contributed by atoms with Crippen molar-refractivity contribution in [3.8, 4) is 0 Å². The zero-order valence-electron chi connectivity index (χ0n) is 22.7. The molecule has 1 spiro atoms. The second kappa shape index (κ2) is 11.2. The average molecular weight is 494 g/mol. The Kier molecular flexibility index (Phi) is 8.18. The van der Waals surface area contributed by atoms with E-state index in [-0.39, 0.29) is 11.8 Å². The van der Waals surface area contributed by atoms with Crippen molar-refractivity contribution < 1.29 is 9.59 Å². The van der Waals surface area contributed by atoms with Crippen LogP contribution in [0.25, 0.3) is 0 Å². The number of aromatic nitrogens is 2. The number of likely N-dealkylation sites (tertiary alicyclic amines) is 1. The summed E-state index contributed by atoms with van der Waals surface area (Å²) in [6, 6.07) is 10.0. The molecule has 2 aliphatic rings. The summed E-state index contributed by atoms with van der Waals surface area (Å²) in [5.41, 5.74) is 4.06. The van der Waals surface area contributed by atoms with Crippen LogP contribution < -0.4 is 5.32 Å². The second-order valence-electron chi connectivity index (χ2n) is 11.1. The molecule has 0 saturated carbocycles. The standard InChI is InChI=1S/C29H43N5O2/c1-6-7-15-33-27(35)26(18-21(2)3)30-28(36)29(33)13-16-32(17-14-29)20-25-22(4)31-34(23(25)5)19-24-11-9-8-10-12-24/h8-12,21,26H,6-7,13-20H2,1-5H3,(H,30,36)/t26-/m0/s1. The predicted octanol–water partition coefficient (Wildman–Crippen LogP) is 4.06. The van der Waals surface area contributed by atoms with Crippen molar-refractivity contribution in [2.45, 2.75) is 91.4 Å². The lowest BCUT2D eigenvalue weighted by atomic mass is 9.80. The van der Waals surface area contributed by atoms with E-state index in [1.807, 2.05) is 11.0 Å². The van der Waals surface area contributed by atoms with Gasteiger partial charge in [-0.05, 0) is 51.0 Å². The van der Waals surface area contributed by atoms with E-state index in [1.165, 1.54) is 16.8 Å². The van der Waals surface area contributed by atoms with E-state index < -0.39 is 11.6 Å². The van der Waals surface area contributed by atoms with Gasteiger partial charge >= 0.3 is 0 Å². The molecule has 1 N–H and O–H groups in total. The molecule has 1 aromatic heterocycles. The molecule has 0 aliphatic carbocycles. The Morgan fingerprint density at radius 1 is 1.08 bits per heavy atom. The normalized spacial score (nSPS) is 20.4. The van der Waals surface area contributed by atoms with Gasteiger partial charge in [-0.25, -0.2) is 0 Å². The number of amides is 2. The van der Waals surface area contributed by atoms with Gasteiger partial charge in [0.15, 0.2) is 0 Å². The first-order chi connectivity index (χ1) is 17.2. The summed E-state index contributed by atoms with van der Waals surface area (Å²) in [5, 5.41) is 7.94. The highest BCUT2D eigenvalue weighted by molar-refractivity contribution is 6.00. The van der Waals surface area contributed by atoms with Gasteiger partial charge in [0.1, 0.15) is 11.6 Å². The van der Waals surface area contributed by atoms with Crippen LogP contribution in [0.5, 0.6) is 0 Å². The minimum Gasteiger partial charge on any atom is -0.342 e. The maximum Gasteiger partial charge on any atom is 0.246 e. The molecule has 1 aromatic carbocycles. The van der Waals surface area contributed by atoms with E-state index in [1.54, 1.807) is 0 Å². The van der Waals surface area contributed by atoms with Crippen LogP contribution in [-0.4, -0.2) is 62.6 Å². The fraction of sp³-hybridized carbons (Fsp3) is 0.621. The summed E-state index contributed by atoms with van der Waals surface area (Å²) < 4.78 is 2.10. The Morgan fingerprint density at radius 2 is 1.78 bits per heavy atom. The topological polar surface area (TPSA) is 70.5 Å². The Balaban J connectivity index is 1.46. The molecule has 0 radical (unpaired) electrons. The zero-order chi connectivity index (χ0) is 25.9. The Labute approximate surface area is 216 Å². The van der Waals surface area contributed by atoms with Crippen LogP contribution in [-0.2, 0) is 22.7 Å².